The van der Waals surface area contributed by atoms with Crippen molar-refractivity contribution in [2.45, 2.75) is 30.6 Å². The van der Waals surface area contributed by atoms with Crippen molar-refractivity contribution in [2.75, 3.05) is 18.9 Å². The molecule has 1 aliphatic heterocycles. The first-order chi connectivity index (χ1) is 16.6. The molecule has 0 saturated carbocycles. The van der Waals surface area contributed by atoms with Crippen molar-refractivity contribution in [2.24, 2.45) is 5.73 Å². The molecule has 1 saturated heterocycles. The molecule has 0 aliphatic carbocycles. The maximum atomic E-state index is 12.0. The predicted octanol–water partition coefficient (Wildman–Crippen LogP) is -2.61. The topological polar surface area (TPSA) is 238 Å². The maximum Gasteiger partial charge on any atom is 0.362 e. The summed E-state index contributed by atoms with van der Waals surface area (Å²) in [5, 5.41) is 29.8. The first-order valence-electron chi connectivity index (χ1n) is 10.3. The van der Waals surface area contributed by atoms with Gasteiger partial charge in [0.25, 0.3) is 5.91 Å². The average Bonchev–Trinajstić information content (AvgIpc) is 3.38. The van der Waals surface area contributed by atoms with Crippen LogP contribution in [0.3, 0.4) is 0 Å². The average molecular weight is 510 g/mol. The van der Waals surface area contributed by atoms with E-state index in [0.29, 0.717) is 11.4 Å². The third-order valence-corrected chi connectivity index (χ3v) is 6.14. The van der Waals surface area contributed by atoms with Crippen LogP contribution in [0.15, 0.2) is 36.7 Å². The molecule has 8 N–H and O–H groups in total. The number of nitrogens with one attached hydrogen (secondary N) is 1. The molecule has 1 fully saturated rings. The minimum atomic E-state index is -4.63. The lowest BCUT2D eigenvalue weighted by Crippen LogP contribution is -2.46. The summed E-state index contributed by atoms with van der Waals surface area (Å²) in [5.41, 5.74) is 12.4. The Balaban J connectivity index is 1.54. The third-order valence-electron chi connectivity index (χ3n) is 5.24. The molecule has 1 aliphatic rings. The van der Waals surface area contributed by atoms with Crippen LogP contribution in [-0.4, -0.2) is 86.7 Å². The van der Waals surface area contributed by atoms with Crippen LogP contribution in [0, 0.1) is 0 Å². The summed E-state index contributed by atoms with van der Waals surface area (Å²) in [7, 11) is -4.63. The highest BCUT2D eigenvalue weighted by atomic mass is 32.2. The number of anilines is 1. The molecule has 0 bridgehead atoms. The van der Waals surface area contributed by atoms with Gasteiger partial charge in [0.1, 0.15) is 29.9 Å². The largest absolute Gasteiger partial charge is 0.394 e. The van der Waals surface area contributed by atoms with Crippen molar-refractivity contribution in [3.05, 3.63) is 36.7 Å². The zero-order valence-electron chi connectivity index (χ0n) is 18.0. The van der Waals surface area contributed by atoms with Crippen molar-refractivity contribution < 1.29 is 37.5 Å². The minimum absolute atomic E-state index is 0.0865. The lowest BCUT2D eigenvalue weighted by atomic mass is 10.1. The molecular weight excluding hydrogens is 486 g/mol. The fourth-order valence-electron chi connectivity index (χ4n) is 3.41. The quantitative estimate of drug-likeness (QED) is 0.183. The van der Waals surface area contributed by atoms with E-state index in [-0.39, 0.29) is 17.0 Å². The SMILES string of the molecule is Nc1nc(-c2ccccc2)nc2c1ncn2[C@@H]1O[C@H](COS(=O)(=O)NC(=O)[C@@H](N)CO)[C@@H](O)[C@H]1O. The highest BCUT2D eigenvalue weighted by Gasteiger charge is 2.45. The molecule has 3 aromatic rings. The summed E-state index contributed by atoms with van der Waals surface area (Å²) in [6.45, 7) is -1.52. The summed E-state index contributed by atoms with van der Waals surface area (Å²) >= 11 is 0. The van der Waals surface area contributed by atoms with E-state index in [1.807, 2.05) is 6.07 Å². The van der Waals surface area contributed by atoms with Gasteiger partial charge in [-0.3, -0.25) is 13.5 Å². The Labute approximate surface area is 198 Å². The number of benzene rings is 1. The number of nitrogen functional groups attached to an aromatic ring is 1. The molecule has 1 amide bonds. The molecule has 2 aromatic heterocycles. The fraction of sp³-hybridized carbons (Fsp3) is 0.368. The molecule has 3 heterocycles. The van der Waals surface area contributed by atoms with E-state index in [1.165, 1.54) is 15.6 Å². The van der Waals surface area contributed by atoms with Gasteiger partial charge in [0, 0.05) is 5.56 Å². The number of ether oxygens (including phenoxy) is 1. The Morgan fingerprint density at radius 2 is 1.94 bits per heavy atom. The molecule has 4 rings (SSSR count). The molecule has 0 radical (unpaired) electrons. The summed E-state index contributed by atoms with van der Waals surface area (Å²) in [6.07, 6.45) is -4.31. The lowest BCUT2D eigenvalue weighted by Gasteiger charge is -2.17. The predicted molar refractivity (Wildman–Crippen MR) is 119 cm³/mol. The number of carbonyl (C=O) groups excluding carboxylic acids is 1. The Bertz CT molecular complexity index is 1320. The van der Waals surface area contributed by atoms with Crippen molar-refractivity contribution in [3.63, 3.8) is 0 Å². The van der Waals surface area contributed by atoms with Crippen LogP contribution < -0.4 is 16.2 Å². The van der Waals surface area contributed by atoms with Crippen LogP contribution in [0.2, 0.25) is 0 Å². The molecule has 0 unspecified atom stereocenters. The van der Waals surface area contributed by atoms with Crippen molar-refractivity contribution >= 4 is 33.2 Å². The van der Waals surface area contributed by atoms with E-state index in [4.69, 9.17) is 21.3 Å². The van der Waals surface area contributed by atoms with Gasteiger partial charge < -0.3 is 31.5 Å². The van der Waals surface area contributed by atoms with Gasteiger partial charge in [0.2, 0.25) is 0 Å². The van der Waals surface area contributed by atoms with E-state index >= 15 is 0 Å². The Hall–Kier alpha value is -3.25. The second-order valence-corrected chi connectivity index (χ2v) is 9.01. The molecule has 0 spiro atoms. The standard InChI is InChI=1S/C19H23N7O8S/c20-10(6-27)18(30)25-35(31,32)33-7-11-13(28)14(29)19(34-11)26-8-22-12-15(21)23-16(24-17(12)26)9-4-2-1-3-5-9/h1-5,8,10-11,13-14,19,27-29H,6-7,20H2,(H,25,30)(H2,21,23,24)/t10-,11+,13+,14+,19+/m0/s1. The molecule has 16 heteroatoms. The first-order valence-corrected chi connectivity index (χ1v) is 11.7. The van der Waals surface area contributed by atoms with Crippen molar-refractivity contribution in [1.29, 1.82) is 0 Å². The lowest BCUT2D eigenvalue weighted by molar-refractivity contribution is -0.121. The van der Waals surface area contributed by atoms with Gasteiger partial charge in [-0.25, -0.2) is 19.7 Å². The number of imidazole rings is 1. The van der Waals surface area contributed by atoms with Crippen LogP contribution >= 0.6 is 0 Å². The first kappa shape index (κ1) is 24.9. The zero-order chi connectivity index (χ0) is 25.3. The summed E-state index contributed by atoms with van der Waals surface area (Å²) in [6, 6.07) is 7.52. The Morgan fingerprint density at radius 3 is 2.63 bits per heavy atom. The number of aromatic nitrogens is 4. The maximum absolute atomic E-state index is 12.0. The van der Waals surface area contributed by atoms with Gasteiger partial charge in [-0.15, -0.1) is 0 Å². The van der Waals surface area contributed by atoms with Crippen LogP contribution in [0.1, 0.15) is 6.23 Å². The minimum Gasteiger partial charge on any atom is -0.394 e. The zero-order valence-corrected chi connectivity index (χ0v) is 18.8. The molecule has 15 nitrogen and oxygen atoms in total. The molecule has 5 atom stereocenters. The second-order valence-electron chi connectivity index (χ2n) is 7.66. The number of amides is 1. The summed E-state index contributed by atoms with van der Waals surface area (Å²) in [4.78, 5) is 24.5. The Kier molecular flexibility index (Phi) is 6.95. The number of carbonyl (C=O) groups is 1. The number of rotatable bonds is 8. The molecule has 1 aromatic carbocycles. The Morgan fingerprint density at radius 1 is 1.23 bits per heavy atom. The summed E-state index contributed by atoms with van der Waals surface area (Å²) in [5.74, 6) is -0.800. The molecular formula is C19H23N7O8S. The van der Waals surface area contributed by atoms with Crippen molar-refractivity contribution in [1.82, 2.24) is 24.2 Å². The van der Waals surface area contributed by atoms with Crippen LogP contribution in [-0.2, 0) is 24.0 Å². The number of nitrogens with two attached hydrogens (primary N) is 2. The van der Waals surface area contributed by atoms with E-state index < -0.39 is 60.0 Å². The highest BCUT2D eigenvalue weighted by Crippen LogP contribution is 2.33. The van der Waals surface area contributed by atoms with Gasteiger partial charge in [-0.05, 0) is 0 Å². The van der Waals surface area contributed by atoms with E-state index in [1.54, 1.807) is 24.3 Å². The monoisotopic (exact) mass is 509 g/mol. The van der Waals surface area contributed by atoms with Crippen LogP contribution in [0.4, 0.5) is 5.82 Å². The van der Waals surface area contributed by atoms with Crippen molar-refractivity contribution in [3.8, 4) is 11.4 Å². The number of nitrogens with zero attached hydrogens (tertiary/aromatic N) is 4. The van der Waals surface area contributed by atoms with Gasteiger partial charge >= 0.3 is 10.3 Å². The van der Waals surface area contributed by atoms with Gasteiger partial charge in [-0.1, -0.05) is 30.3 Å². The summed E-state index contributed by atoms with van der Waals surface area (Å²) < 4.78 is 37.1. The third kappa shape index (κ3) is 5.08. The number of hydrogen-bond acceptors (Lipinski definition) is 13. The number of aliphatic hydroxyl groups excluding tert-OH is 3. The van der Waals surface area contributed by atoms with Gasteiger partial charge in [0.15, 0.2) is 23.5 Å². The normalized spacial score (nSPS) is 23.4. The van der Waals surface area contributed by atoms with E-state index in [9.17, 15) is 23.4 Å². The van der Waals surface area contributed by atoms with Gasteiger partial charge in [-0.2, -0.15) is 8.42 Å². The van der Waals surface area contributed by atoms with Crippen LogP contribution in [0.5, 0.6) is 0 Å². The molecule has 188 valence electrons. The van der Waals surface area contributed by atoms with E-state index in [0.717, 1.165) is 0 Å². The molecule has 35 heavy (non-hydrogen) atoms. The highest BCUT2D eigenvalue weighted by molar-refractivity contribution is 7.85. The number of hydrogen-bond donors (Lipinski definition) is 6. The van der Waals surface area contributed by atoms with E-state index in [2.05, 4.69) is 19.1 Å². The second kappa shape index (κ2) is 9.78. The number of aliphatic hydroxyl groups is 3. The number of fused-ring (bicyclic) bond motifs is 1. The van der Waals surface area contributed by atoms with Crippen LogP contribution in [0.25, 0.3) is 22.6 Å². The fourth-order valence-corrected chi connectivity index (χ4v) is 4.18. The van der Waals surface area contributed by atoms with Gasteiger partial charge in [0.05, 0.1) is 19.5 Å². The smallest absolute Gasteiger partial charge is 0.362 e.